The molecule has 0 bridgehead atoms. The predicted octanol–water partition coefficient (Wildman–Crippen LogP) is 3.09. The van der Waals surface area contributed by atoms with E-state index in [9.17, 15) is 15.3 Å². The Bertz CT molecular complexity index is 1080. The van der Waals surface area contributed by atoms with Crippen LogP contribution < -0.4 is 0 Å². The van der Waals surface area contributed by atoms with E-state index in [1.807, 2.05) is 0 Å². The molecular weight excluding hydrogens is 370 g/mol. The second-order valence-corrected chi connectivity index (χ2v) is 5.78. The summed E-state index contributed by atoms with van der Waals surface area (Å²) in [5, 5.41) is 29.3. The largest absolute Gasteiger partial charge is 0.508 e. The third-order valence-corrected chi connectivity index (χ3v) is 4.05. The first-order valence-corrected chi connectivity index (χ1v) is 7.70. The summed E-state index contributed by atoms with van der Waals surface area (Å²) in [6.07, 6.45) is 1.71. The number of aromatic nitrogens is 3. The molecule has 0 unspecified atom stereocenters. The Morgan fingerprint density at radius 2 is 1.30 bits per heavy atom. The average Bonchev–Trinajstić information content (AvgIpc) is 2.90. The molecule has 0 aliphatic carbocycles. The molecule has 4 aromatic rings. The fourth-order valence-corrected chi connectivity index (χ4v) is 2.73. The predicted molar refractivity (Wildman–Crippen MR) is 104 cm³/mol. The van der Waals surface area contributed by atoms with E-state index in [2.05, 4.69) is 4.98 Å². The highest BCUT2D eigenvalue weighted by atomic mass is 35.5. The number of fused-ring (bicyclic) bond motifs is 1. The molecule has 0 aliphatic rings. The van der Waals surface area contributed by atoms with Gasteiger partial charge in [-0.2, -0.15) is 0 Å². The van der Waals surface area contributed by atoms with Crippen LogP contribution in [0.4, 0.5) is 0 Å². The Hall–Kier alpha value is -3.29. The monoisotopic (exact) mass is 387 g/mol. The highest BCUT2D eigenvalue weighted by molar-refractivity contribution is 5.85. The number of phenols is 2. The zero-order valence-electron chi connectivity index (χ0n) is 14.3. The molecule has 0 fully saturated rings. The highest BCUT2D eigenvalue weighted by Crippen LogP contribution is 2.31. The van der Waals surface area contributed by atoms with Gasteiger partial charge in [0.15, 0.2) is 5.65 Å². The van der Waals surface area contributed by atoms with Crippen molar-refractivity contribution < 1.29 is 20.8 Å². The molecule has 0 saturated heterocycles. The van der Waals surface area contributed by atoms with Crippen molar-refractivity contribution in [3.8, 4) is 39.9 Å². The van der Waals surface area contributed by atoms with E-state index < -0.39 is 0 Å². The molecule has 0 atom stereocenters. The van der Waals surface area contributed by atoms with E-state index in [0.29, 0.717) is 22.7 Å². The van der Waals surface area contributed by atoms with Crippen LogP contribution in [0.25, 0.3) is 28.2 Å². The second kappa shape index (κ2) is 7.53. The number of benzene rings is 2. The Morgan fingerprint density at radius 3 is 1.85 bits per heavy atom. The molecule has 5 N–H and O–H groups in total. The summed E-state index contributed by atoms with van der Waals surface area (Å²) in [6.45, 7) is 1.73. The number of hydrogen-bond donors (Lipinski definition) is 3. The molecule has 7 nitrogen and oxygen atoms in total. The van der Waals surface area contributed by atoms with Gasteiger partial charge in [-0.1, -0.05) is 0 Å². The van der Waals surface area contributed by atoms with Crippen LogP contribution in [0.3, 0.4) is 0 Å². The number of nitrogens with zero attached hydrogens (tertiary/aromatic N) is 3. The number of aromatic hydroxyl groups is 3. The first-order chi connectivity index (χ1) is 12.0. The Kier molecular flexibility index (Phi) is 5.58. The van der Waals surface area contributed by atoms with Crippen molar-refractivity contribution in [1.29, 1.82) is 0 Å². The molecule has 2 aromatic heterocycles. The second-order valence-electron chi connectivity index (χ2n) is 5.78. The topological polar surface area (TPSA) is 122 Å². The molecule has 8 heteroatoms. The highest BCUT2D eigenvalue weighted by Gasteiger charge is 2.16. The summed E-state index contributed by atoms with van der Waals surface area (Å²) in [5.74, 6) is 0.388. The van der Waals surface area contributed by atoms with Crippen molar-refractivity contribution in [1.82, 2.24) is 14.4 Å². The van der Waals surface area contributed by atoms with Crippen LogP contribution in [0.1, 0.15) is 5.69 Å². The van der Waals surface area contributed by atoms with Gasteiger partial charge in [0.1, 0.15) is 22.9 Å². The molecule has 0 aliphatic heterocycles. The quantitative estimate of drug-likeness (QED) is 0.487. The normalized spacial score (nSPS) is 10.3. The van der Waals surface area contributed by atoms with Crippen molar-refractivity contribution in [2.45, 2.75) is 6.92 Å². The Balaban J connectivity index is 0.00000131. The summed E-state index contributed by atoms with van der Waals surface area (Å²) in [5.41, 5.74) is 3.82. The van der Waals surface area contributed by atoms with Crippen molar-refractivity contribution in [2.24, 2.45) is 0 Å². The van der Waals surface area contributed by atoms with Crippen LogP contribution in [-0.2, 0) is 0 Å². The van der Waals surface area contributed by atoms with Gasteiger partial charge in [0, 0.05) is 17.3 Å². The minimum atomic E-state index is 0. The third-order valence-electron chi connectivity index (χ3n) is 4.05. The van der Waals surface area contributed by atoms with Crippen LogP contribution in [0.15, 0.2) is 54.7 Å². The van der Waals surface area contributed by atoms with Crippen LogP contribution >= 0.6 is 12.4 Å². The summed E-state index contributed by atoms with van der Waals surface area (Å²) in [6, 6.07) is 13.3. The van der Waals surface area contributed by atoms with Gasteiger partial charge in [-0.05, 0) is 55.5 Å². The van der Waals surface area contributed by atoms with Crippen molar-refractivity contribution in [3.05, 3.63) is 60.4 Å². The maximum absolute atomic E-state index is 10.3. The van der Waals surface area contributed by atoms with Gasteiger partial charge in [0.05, 0.1) is 5.69 Å². The summed E-state index contributed by atoms with van der Waals surface area (Å²) >= 11 is 0. The third kappa shape index (κ3) is 3.51. The lowest BCUT2D eigenvalue weighted by Crippen LogP contribution is -1.96. The van der Waals surface area contributed by atoms with Gasteiger partial charge in [0.2, 0.25) is 5.88 Å². The Labute approximate surface area is 160 Å². The van der Waals surface area contributed by atoms with Gasteiger partial charge < -0.3 is 20.8 Å². The SMILES string of the molecule is Cc1nc2c(-c3ccc(O)cc3)nc(-c3ccc(O)cc3)cn2c1O.Cl.O. The van der Waals surface area contributed by atoms with Gasteiger partial charge in [-0.25, -0.2) is 9.97 Å². The summed E-state index contributed by atoms with van der Waals surface area (Å²) < 4.78 is 1.59. The van der Waals surface area contributed by atoms with Gasteiger partial charge >= 0.3 is 0 Å². The van der Waals surface area contributed by atoms with Crippen molar-refractivity contribution in [3.63, 3.8) is 0 Å². The fraction of sp³-hybridized carbons (Fsp3) is 0.0526. The average molecular weight is 388 g/mol. The molecular formula is C19H18ClN3O4. The van der Waals surface area contributed by atoms with Crippen LogP contribution in [0.2, 0.25) is 0 Å². The molecule has 0 spiro atoms. The first kappa shape index (κ1) is 20.0. The zero-order valence-corrected chi connectivity index (χ0v) is 15.1. The van der Waals surface area contributed by atoms with Gasteiger partial charge in [0.25, 0.3) is 0 Å². The molecule has 4 rings (SSSR count). The van der Waals surface area contributed by atoms with Crippen LogP contribution in [0.5, 0.6) is 17.4 Å². The molecule has 0 radical (unpaired) electrons. The summed E-state index contributed by atoms with van der Waals surface area (Å²) in [7, 11) is 0. The maximum Gasteiger partial charge on any atom is 0.219 e. The fourth-order valence-electron chi connectivity index (χ4n) is 2.73. The molecule has 27 heavy (non-hydrogen) atoms. The summed E-state index contributed by atoms with van der Waals surface area (Å²) in [4.78, 5) is 9.11. The van der Waals surface area contributed by atoms with E-state index in [-0.39, 0.29) is 35.3 Å². The number of phenolic OH excluding ortho intramolecular Hbond substituents is 2. The number of aryl methyl sites for hydroxylation is 1. The molecule has 2 aromatic carbocycles. The number of imidazole rings is 1. The first-order valence-electron chi connectivity index (χ1n) is 7.70. The number of hydrogen-bond acceptors (Lipinski definition) is 5. The van der Waals surface area contributed by atoms with Crippen LogP contribution in [0, 0.1) is 6.92 Å². The lowest BCUT2D eigenvalue weighted by atomic mass is 10.1. The lowest BCUT2D eigenvalue weighted by molar-refractivity contribution is 0.444. The van der Waals surface area contributed by atoms with Crippen LogP contribution in [-0.4, -0.2) is 35.2 Å². The van der Waals surface area contributed by atoms with E-state index in [1.165, 1.54) is 0 Å². The van der Waals surface area contributed by atoms with Crippen molar-refractivity contribution >= 4 is 18.1 Å². The molecule has 2 heterocycles. The maximum atomic E-state index is 10.3. The number of rotatable bonds is 2. The smallest absolute Gasteiger partial charge is 0.219 e. The number of halogens is 1. The molecule has 0 saturated carbocycles. The minimum Gasteiger partial charge on any atom is -0.508 e. The van der Waals surface area contributed by atoms with E-state index in [1.54, 1.807) is 66.1 Å². The van der Waals surface area contributed by atoms with E-state index in [4.69, 9.17) is 4.98 Å². The lowest BCUT2D eigenvalue weighted by Gasteiger charge is -2.09. The van der Waals surface area contributed by atoms with Crippen molar-refractivity contribution in [2.75, 3.05) is 0 Å². The zero-order chi connectivity index (χ0) is 17.6. The van der Waals surface area contributed by atoms with E-state index in [0.717, 1.165) is 11.1 Å². The molecule has 0 amide bonds. The van der Waals surface area contributed by atoms with Gasteiger partial charge in [-0.3, -0.25) is 4.40 Å². The Morgan fingerprint density at radius 1 is 0.778 bits per heavy atom. The minimum absolute atomic E-state index is 0. The molecule has 140 valence electrons. The van der Waals surface area contributed by atoms with Gasteiger partial charge in [-0.15, -0.1) is 12.4 Å². The van der Waals surface area contributed by atoms with E-state index >= 15 is 0 Å². The standard InChI is InChI=1S/C19H15N3O3.ClH.H2O/c1-11-19(25)22-10-16(12-2-6-14(23)7-3-12)21-17(18(22)20-11)13-4-8-15(24)9-5-13;;/h2-10,23-25H,1H3;1H;1H2.